The molecule has 0 aliphatic heterocycles. The second-order valence-corrected chi connectivity index (χ2v) is 5.80. The molecule has 0 spiro atoms. The van der Waals surface area contributed by atoms with Crippen LogP contribution in [0.5, 0.6) is 0 Å². The van der Waals surface area contributed by atoms with Crippen molar-refractivity contribution in [3.05, 3.63) is 17.5 Å². The van der Waals surface area contributed by atoms with Gasteiger partial charge in [-0.1, -0.05) is 13.8 Å². The van der Waals surface area contributed by atoms with E-state index < -0.39 is 0 Å². The third-order valence-electron chi connectivity index (χ3n) is 3.30. The van der Waals surface area contributed by atoms with Crippen LogP contribution in [0.1, 0.15) is 32.2 Å². The molecule has 2 atom stereocenters. The summed E-state index contributed by atoms with van der Waals surface area (Å²) in [5.41, 5.74) is 2.48. The lowest BCUT2D eigenvalue weighted by Gasteiger charge is -2.24. The fourth-order valence-electron chi connectivity index (χ4n) is 2.38. The van der Waals surface area contributed by atoms with Gasteiger partial charge >= 0.3 is 0 Å². The molecule has 0 saturated carbocycles. The van der Waals surface area contributed by atoms with Gasteiger partial charge in [-0.3, -0.25) is 4.68 Å². The average molecular weight is 269 g/mol. The number of hydrogen-bond acceptors (Lipinski definition) is 3. The third kappa shape index (κ3) is 4.32. The summed E-state index contributed by atoms with van der Waals surface area (Å²) in [5, 5.41) is 8.15. The topological polar surface area (TPSA) is 29.9 Å². The van der Waals surface area contributed by atoms with Gasteiger partial charge in [0, 0.05) is 24.7 Å². The molecule has 104 valence electrons. The van der Waals surface area contributed by atoms with Crippen molar-refractivity contribution in [3.63, 3.8) is 0 Å². The smallest absolute Gasteiger partial charge is 0.0596 e. The summed E-state index contributed by atoms with van der Waals surface area (Å²) in [7, 11) is 0. The van der Waals surface area contributed by atoms with Gasteiger partial charge in [0.15, 0.2) is 0 Å². The number of nitrogens with zero attached hydrogens (tertiary/aromatic N) is 2. The van der Waals surface area contributed by atoms with E-state index in [0.717, 1.165) is 25.2 Å². The van der Waals surface area contributed by atoms with Crippen LogP contribution < -0.4 is 5.32 Å². The molecule has 0 amide bonds. The van der Waals surface area contributed by atoms with Crippen molar-refractivity contribution >= 4 is 11.8 Å². The van der Waals surface area contributed by atoms with Crippen LogP contribution in [0.15, 0.2) is 6.07 Å². The quantitative estimate of drug-likeness (QED) is 0.787. The highest BCUT2D eigenvalue weighted by molar-refractivity contribution is 7.98. The van der Waals surface area contributed by atoms with Gasteiger partial charge in [-0.25, -0.2) is 0 Å². The fourth-order valence-corrected chi connectivity index (χ4v) is 3.14. The molecule has 1 N–H and O–H groups in total. The van der Waals surface area contributed by atoms with E-state index in [1.54, 1.807) is 0 Å². The Kier molecular flexibility index (Phi) is 6.79. The van der Waals surface area contributed by atoms with Gasteiger partial charge in [-0.05, 0) is 44.4 Å². The normalized spacial score (nSPS) is 14.7. The van der Waals surface area contributed by atoms with E-state index in [-0.39, 0.29) is 0 Å². The monoisotopic (exact) mass is 269 g/mol. The van der Waals surface area contributed by atoms with Gasteiger partial charge in [0.1, 0.15) is 0 Å². The first-order valence-corrected chi connectivity index (χ1v) is 8.27. The van der Waals surface area contributed by atoms with Crippen LogP contribution >= 0.6 is 11.8 Å². The molecule has 4 heteroatoms. The Balaban J connectivity index is 2.75. The van der Waals surface area contributed by atoms with Crippen molar-refractivity contribution in [3.8, 4) is 0 Å². The Morgan fingerprint density at radius 2 is 2.17 bits per heavy atom. The number of aryl methyl sites for hydroxylation is 2. The highest BCUT2D eigenvalue weighted by Gasteiger charge is 2.18. The van der Waals surface area contributed by atoms with Crippen LogP contribution in [0.2, 0.25) is 0 Å². The lowest BCUT2D eigenvalue weighted by atomic mass is 9.99. The summed E-state index contributed by atoms with van der Waals surface area (Å²) >= 11 is 1.93. The van der Waals surface area contributed by atoms with E-state index in [4.69, 9.17) is 0 Å². The minimum atomic E-state index is 0.545. The second kappa shape index (κ2) is 7.85. The first-order chi connectivity index (χ1) is 8.62. The van der Waals surface area contributed by atoms with Crippen LogP contribution in [0.4, 0.5) is 0 Å². The summed E-state index contributed by atoms with van der Waals surface area (Å²) in [6, 6.07) is 2.77. The summed E-state index contributed by atoms with van der Waals surface area (Å²) in [6.07, 6.45) is 3.25. The average Bonchev–Trinajstić information content (AvgIpc) is 2.69. The molecule has 0 aliphatic rings. The molecule has 0 aromatic carbocycles. The summed E-state index contributed by atoms with van der Waals surface area (Å²) < 4.78 is 2.13. The predicted octanol–water partition coefficient (Wildman–Crippen LogP) is 2.73. The Labute approximate surface area is 116 Å². The molecule has 1 heterocycles. The molecule has 2 unspecified atom stereocenters. The zero-order valence-corrected chi connectivity index (χ0v) is 13.2. The number of nitrogens with one attached hydrogen (secondary N) is 1. The van der Waals surface area contributed by atoms with Crippen LogP contribution in [-0.4, -0.2) is 34.4 Å². The number of thioether (sulfide) groups is 1. The standard InChI is InChI=1S/C14H27N3S/c1-6-15-14(11(3)10-18-5)9-13-8-12(4)16-17(13)7-2/h8,11,14-15H,6-7,9-10H2,1-5H3. The fraction of sp³-hybridized carbons (Fsp3) is 0.786. The Morgan fingerprint density at radius 3 is 2.72 bits per heavy atom. The Bertz CT molecular complexity index is 349. The van der Waals surface area contributed by atoms with E-state index in [1.807, 2.05) is 11.8 Å². The summed E-state index contributed by atoms with van der Waals surface area (Å²) in [5.74, 6) is 1.89. The van der Waals surface area contributed by atoms with Crippen molar-refractivity contribution < 1.29 is 0 Å². The zero-order chi connectivity index (χ0) is 13.5. The molecule has 18 heavy (non-hydrogen) atoms. The first-order valence-electron chi connectivity index (χ1n) is 6.87. The molecular weight excluding hydrogens is 242 g/mol. The van der Waals surface area contributed by atoms with Crippen molar-refractivity contribution in [2.75, 3.05) is 18.6 Å². The van der Waals surface area contributed by atoms with Gasteiger partial charge in [-0.2, -0.15) is 16.9 Å². The minimum Gasteiger partial charge on any atom is -0.314 e. The third-order valence-corrected chi connectivity index (χ3v) is 4.16. The van der Waals surface area contributed by atoms with E-state index in [1.165, 1.54) is 11.4 Å². The molecule has 0 saturated heterocycles. The van der Waals surface area contributed by atoms with Crippen LogP contribution in [-0.2, 0) is 13.0 Å². The largest absolute Gasteiger partial charge is 0.314 e. The van der Waals surface area contributed by atoms with E-state index in [2.05, 4.69) is 55.1 Å². The van der Waals surface area contributed by atoms with Gasteiger partial charge < -0.3 is 5.32 Å². The molecule has 1 rings (SSSR count). The molecule has 3 nitrogen and oxygen atoms in total. The molecule has 0 bridgehead atoms. The maximum Gasteiger partial charge on any atom is 0.0596 e. The molecule has 0 radical (unpaired) electrons. The molecular formula is C14H27N3S. The highest BCUT2D eigenvalue weighted by atomic mass is 32.2. The lowest BCUT2D eigenvalue weighted by Crippen LogP contribution is -2.38. The summed E-state index contributed by atoms with van der Waals surface area (Å²) in [4.78, 5) is 0. The van der Waals surface area contributed by atoms with Crippen LogP contribution in [0.3, 0.4) is 0 Å². The van der Waals surface area contributed by atoms with Gasteiger partial charge in [0.25, 0.3) is 0 Å². The van der Waals surface area contributed by atoms with Crippen molar-refractivity contribution in [1.29, 1.82) is 0 Å². The number of hydrogen-bond donors (Lipinski definition) is 1. The maximum atomic E-state index is 4.53. The van der Waals surface area contributed by atoms with Crippen molar-refractivity contribution in [2.45, 2.75) is 46.7 Å². The van der Waals surface area contributed by atoms with Gasteiger partial charge in [-0.15, -0.1) is 0 Å². The van der Waals surface area contributed by atoms with Gasteiger partial charge in [0.05, 0.1) is 5.69 Å². The Morgan fingerprint density at radius 1 is 1.44 bits per heavy atom. The van der Waals surface area contributed by atoms with E-state index >= 15 is 0 Å². The molecule has 0 aliphatic carbocycles. The molecule has 1 aromatic rings. The minimum absolute atomic E-state index is 0.545. The Hall–Kier alpha value is -0.480. The van der Waals surface area contributed by atoms with E-state index in [0.29, 0.717) is 12.0 Å². The molecule has 1 aromatic heterocycles. The van der Waals surface area contributed by atoms with Crippen molar-refractivity contribution in [1.82, 2.24) is 15.1 Å². The summed E-state index contributed by atoms with van der Waals surface area (Å²) in [6.45, 7) is 10.7. The number of rotatable bonds is 8. The van der Waals surface area contributed by atoms with Crippen LogP contribution in [0.25, 0.3) is 0 Å². The van der Waals surface area contributed by atoms with Gasteiger partial charge in [0.2, 0.25) is 0 Å². The zero-order valence-electron chi connectivity index (χ0n) is 12.4. The number of aromatic nitrogens is 2. The lowest BCUT2D eigenvalue weighted by molar-refractivity contribution is 0.400. The maximum absolute atomic E-state index is 4.53. The predicted molar refractivity (Wildman–Crippen MR) is 81.4 cm³/mol. The number of likely N-dealkylation sites (N-methyl/N-ethyl adjacent to an activating group) is 1. The SMILES string of the molecule is CCNC(Cc1cc(C)nn1CC)C(C)CSC. The molecule has 0 fully saturated rings. The van der Waals surface area contributed by atoms with Crippen LogP contribution in [0, 0.1) is 12.8 Å². The first kappa shape index (κ1) is 15.6. The van der Waals surface area contributed by atoms with E-state index in [9.17, 15) is 0 Å². The van der Waals surface area contributed by atoms with Crippen molar-refractivity contribution in [2.24, 2.45) is 5.92 Å². The highest BCUT2D eigenvalue weighted by Crippen LogP contribution is 2.15. The second-order valence-electron chi connectivity index (χ2n) is 4.89.